The van der Waals surface area contributed by atoms with Gasteiger partial charge in [-0.05, 0) is 43.2 Å². The zero-order valence-corrected chi connectivity index (χ0v) is 17.3. The average Bonchev–Trinajstić information content (AvgIpc) is 2.73. The Bertz CT molecular complexity index is 840. The molecule has 0 bridgehead atoms. The molecule has 0 saturated carbocycles. The number of ether oxygens (including phenoxy) is 2. The van der Waals surface area contributed by atoms with E-state index in [9.17, 15) is 9.59 Å². The normalized spacial score (nSPS) is 14.3. The van der Waals surface area contributed by atoms with Crippen molar-refractivity contribution in [1.29, 1.82) is 0 Å². The first-order valence-electron chi connectivity index (χ1n) is 9.34. The zero-order chi connectivity index (χ0) is 20.6. The van der Waals surface area contributed by atoms with Gasteiger partial charge in [0.05, 0.1) is 5.02 Å². The first kappa shape index (κ1) is 21.3. The Balaban J connectivity index is 1.37. The lowest BCUT2D eigenvalue weighted by molar-refractivity contribution is -0.134. The van der Waals surface area contributed by atoms with E-state index < -0.39 is 0 Å². The molecule has 0 spiro atoms. The van der Waals surface area contributed by atoms with E-state index in [1.165, 1.54) is 0 Å². The number of likely N-dealkylation sites (tertiary alicyclic amines) is 1. The second kappa shape index (κ2) is 10.4. The lowest BCUT2D eigenvalue weighted by atomic mass is 10.1. The summed E-state index contributed by atoms with van der Waals surface area (Å²) < 4.78 is 11.0. The fraction of sp³-hybridized carbons (Fsp3) is 0.333. The minimum Gasteiger partial charge on any atom is -0.484 e. The smallest absolute Gasteiger partial charge is 0.260 e. The van der Waals surface area contributed by atoms with Gasteiger partial charge in [-0.1, -0.05) is 41.4 Å². The van der Waals surface area contributed by atoms with Crippen LogP contribution >= 0.6 is 23.2 Å². The Morgan fingerprint density at radius 2 is 1.72 bits per heavy atom. The quantitative estimate of drug-likeness (QED) is 0.720. The Hall–Kier alpha value is -2.44. The second-order valence-corrected chi connectivity index (χ2v) is 7.53. The minimum atomic E-state index is -0.167. The average molecular weight is 437 g/mol. The van der Waals surface area contributed by atoms with Gasteiger partial charge in [-0.3, -0.25) is 9.59 Å². The SMILES string of the molecule is O=C(COc1ccccc1)NC1CCN(C(=O)COc2ccc(Cl)cc2Cl)CC1. The van der Waals surface area contributed by atoms with Crippen LogP contribution in [0.3, 0.4) is 0 Å². The van der Waals surface area contributed by atoms with Crippen molar-refractivity contribution in [1.82, 2.24) is 10.2 Å². The highest BCUT2D eigenvalue weighted by Crippen LogP contribution is 2.27. The first-order chi connectivity index (χ1) is 14.0. The summed E-state index contributed by atoms with van der Waals surface area (Å²) in [5.74, 6) is 0.793. The molecule has 1 aliphatic heterocycles. The predicted octanol–water partition coefficient (Wildman–Crippen LogP) is 3.56. The van der Waals surface area contributed by atoms with Gasteiger partial charge in [0.15, 0.2) is 13.2 Å². The largest absolute Gasteiger partial charge is 0.484 e. The van der Waals surface area contributed by atoms with Crippen LogP contribution in [0.4, 0.5) is 0 Å². The number of para-hydroxylation sites is 1. The number of benzene rings is 2. The minimum absolute atomic E-state index is 0.0255. The van der Waals surface area contributed by atoms with Gasteiger partial charge in [0.2, 0.25) is 0 Å². The molecular weight excluding hydrogens is 415 g/mol. The summed E-state index contributed by atoms with van der Waals surface area (Å²) in [6, 6.07) is 14.1. The highest BCUT2D eigenvalue weighted by atomic mass is 35.5. The molecule has 0 aliphatic carbocycles. The molecule has 2 aromatic rings. The van der Waals surface area contributed by atoms with Crippen molar-refractivity contribution in [3.05, 3.63) is 58.6 Å². The first-order valence-corrected chi connectivity index (χ1v) is 10.1. The highest BCUT2D eigenvalue weighted by Gasteiger charge is 2.24. The predicted molar refractivity (Wildman–Crippen MR) is 112 cm³/mol. The van der Waals surface area contributed by atoms with Crippen molar-refractivity contribution in [3.8, 4) is 11.5 Å². The summed E-state index contributed by atoms with van der Waals surface area (Å²) >= 11 is 11.9. The maximum atomic E-state index is 12.4. The van der Waals surface area contributed by atoms with Crippen LogP contribution < -0.4 is 14.8 Å². The van der Waals surface area contributed by atoms with Gasteiger partial charge in [0, 0.05) is 24.2 Å². The molecule has 3 rings (SSSR count). The number of amides is 2. The Morgan fingerprint density at radius 1 is 1.00 bits per heavy atom. The van der Waals surface area contributed by atoms with E-state index in [2.05, 4.69) is 5.32 Å². The van der Waals surface area contributed by atoms with Gasteiger partial charge >= 0.3 is 0 Å². The third kappa shape index (κ3) is 6.54. The van der Waals surface area contributed by atoms with E-state index in [0.29, 0.717) is 47.5 Å². The lowest BCUT2D eigenvalue weighted by Gasteiger charge is -2.32. The number of rotatable bonds is 7. The number of nitrogens with zero attached hydrogens (tertiary/aromatic N) is 1. The van der Waals surface area contributed by atoms with E-state index in [-0.39, 0.29) is 31.1 Å². The molecule has 2 amide bonds. The molecule has 0 unspecified atom stereocenters. The molecule has 0 aromatic heterocycles. The standard InChI is InChI=1S/C21H22Cl2N2O4/c22-15-6-7-19(18(23)12-15)29-14-21(27)25-10-8-16(9-11-25)24-20(26)13-28-17-4-2-1-3-5-17/h1-7,12,16H,8-11,13-14H2,(H,24,26). The van der Waals surface area contributed by atoms with Gasteiger partial charge in [0.25, 0.3) is 11.8 Å². The maximum Gasteiger partial charge on any atom is 0.260 e. The van der Waals surface area contributed by atoms with E-state index >= 15 is 0 Å². The monoisotopic (exact) mass is 436 g/mol. The topological polar surface area (TPSA) is 67.9 Å². The Labute approximate surface area is 179 Å². The van der Waals surface area contributed by atoms with Crippen LogP contribution in [0.5, 0.6) is 11.5 Å². The van der Waals surface area contributed by atoms with E-state index in [1.807, 2.05) is 18.2 Å². The van der Waals surface area contributed by atoms with Crippen molar-refractivity contribution >= 4 is 35.0 Å². The zero-order valence-electron chi connectivity index (χ0n) is 15.8. The molecule has 8 heteroatoms. The summed E-state index contributed by atoms with van der Waals surface area (Å²) in [4.78, 5) is 26.1. The maximum absolute atomic E-state index is 12.4. The summed E-state index contributed by atoms with van der Waals surface area (Å²) in [5, 5.41) is 3.83. The van der Waals surface area contributed by atoms with Crippen molar-refractivity contribution in [3.63, 3.8) is 0 Å². The molecule has 1 N–H and O–H groups in total. The van der Waals surface area contributed by atoms with Crippen molar-refractivity contribution in [2.45, 2.75) is 18.9 Å². The van der Waals surface area contributed by atoms with Crippen LogP contribution in [0.1, 0.15) is 12.8 Å². The fourth-order valence-corrected chi connectivity index (χ4v) is 3.49. The molecule has 0 radical (unpaired) electrons. The van der Waals surface area contributed by atoms with Crippen LogP contribution in [0.15, 0.2) is 48.5 Å². The van der Waals surface area contributed by atoms with Crippen LogP contribution in [0, 0.1) is 0 Å². The third-order valence-electron chi connectivity index (χ3n) is 4.57. The molecule has 2 aromatic carbocycles. The number of hydrogen-bond acceptors (Lipinski definition) is 4. The lowest BCUT2D eigenvalue weighted by Crippen LogP contribution is -2.48. The molecular formula is C21H22Cl2N2O4. The molecule has 1 aliphatic rings. The Kier molecular flexibility index (Phi) is 7.61. The summed E-state index contributed by atoms with van der Waals surface area (Å²) in [6.07, 6.45) is 1.37. The number of hydrogen-bond donors (Lipinski definition) is 1. The Morgan fingerprint density at radius 3 is 2.41 bits per heavy atom. The van der Waals surface area contributed by atoms with Gasteiger partial charge in [-0.25, -0.2) is 0 Å². The summed E-state index contributed by atoms with van der Waals surface area (Å²) in [7, 11) is 0. The second-order valence-electron chi connectivity index (χ2n) is 6.69. The molecule has 1 fully saturated rings. The highest BCUT2D eigenvalue weighted by molar-refractivity contribution is 6.35. The molecule has 154 valence electrons. The van der Waals surface area contributed by atoms with Gasteiger partial charge < -0.3 is 19.7 Å². The van der Waals surface area contributed by atoms with Crippen LogP contribution in [0.25, 0.3) is 0 Å². The summed E-state index contributed by atoms with van der Waals surface area (Å²) in [6.45, 7) is 0.990. The van der Waals surface area contributed by atoms with Crippen molar-refractivity contribution < 1.29 is 19.1 Å². The third-order valence-corrected chi connectivity index (χ3v) is 5.10. The molecule has 0 atom stereocenters. The number of carbonyl (C=O) groups excluding carboxylic acids is 2. The van der Waals surface area contributed by atoms with Gasteiger partial charge in [-0.15, -0.1) is 0 Å². The van der Waals surface area contributed by atoms with Crippen LogP contribution in [-0.4, -0.2) is 49.1 Å². The molecule has 6 nitrogen and oxygen atoms in total. The summed E-state index contributed by atoms with van der Waals surface area (Å²) in [5.41, 5.74) is 0. The van der Waals surface area contributed by atoms with E-state index in [4.69, 9.17) is 32.7 Å². The van der Waals surface area contributed by atoms with Crippen molar-refractivity contribution in [2.24, 2.45) is 0 Å². The molecule has 29 heavy (non-hydrogen) atoms. The number of nitrogens with one attached hydrogen (secondary N) is 1. The number of piperidine rings is 1. The van der Waals surface area contributed by atoms with Gasteiger partial charge in [-0.2, -0.15) is 0 Å². The number of halogens is 2. The van der Waals surface area contributed by atoms with Crippen molar-refractivity contribution in [2.75, 3.05) is 26.3 Å². The van der Waals surface area contributed by atoms with Gasteiger partial charge in [0.1, 0.15) is 11.5 Å². The van der Waals surface area contributed by atoms with Crippen LogP contribution in [0.2, 0.25) is 10.0 Å². The fourth-order valence-electron chi connectivity index (χ4n) is 3.03. The molecule has 1 heterocycles. The number of carbonyl (C=O) groups is 2. The van der Waals surface area contributed by atoms with E-state index in [0.717, 1.165) is 0 Å². The molecule has 1 saturated heterocycles. The van der Waals surface area contributed by atoms with Crippen LogP contribution in [-0.2, 0) is 9.59 Å². The van der Waals surface area contributed by atoms with E-state index in [1.54, 1.807) is 35.2 Å².